The van der Waals surface area contributed by atoms with Crippen molar-refractivity contribution < 1.29 is 13.7 Å². The van der Waals surface area contributed by atoms with Gasteiger partial charge in [0.2, 0.25) is 11.7 Å². The second-order valence-corrected chi connectivity index (χ2v) is 6.92. The molecule has 3 aromatic rings. The van der Waals surface area contributed by atoms with Gasteiger partial charge in [-0.3, -0.25) is 4.79 Å². The first-order chi connectivity index (χ1) is 13.1. The molecule has 0 saturated carbocycles. The fourth-order valence-corrected chi connectivity index (χ4v) is 3.36. The Morgan fingerprint density at radius 1 is 1.15 bits per heavy atom. The lowest BCUT2D eigenvalue weighted by Gasteiger charge is -2.31. The van der Waals surface area contributed by atoms with Crippen LogP contribution >= 0.6 is 0 Å². The molecule has 0 aliphatic carbocycles. The molecule has 27 heavy (non-hydrogen) atoms. The number of amides is 1. The van der Waals surface area contributed by atoms with Crippen LogP contribution in [0, 0.1) is 12.7 Å². The van der Waals surface area contributed by atoms with Crippen LogP contribution in [0.5, 0.6) is 0 Å². The van der Waals surface area contributed by atoms with Gasteiger partial charge in [-0.2, -0.15) is 4.98 Å². The molecule has 1 aliphatic rings. The maximum absolute atomic E-state index is 13.1. The Morgan fingerprint density at radius 2 is 1.89 bits per heavy atom. The summed E-state index contributed by atoms with van der Waals surface area (Å²) in [5.41, 5.74) is 2.52. The fraction of sp³-hybridized carbons (Fsp3) is 0.286. The van der Waals surface area contributed by atoms with E-state index in [-0.39, 0.29) is 17.6 Å². The molecule has 0 spiro atoms. The van der Waals surface area contributed by atoms with Gasteiger partial charge in [0.1, 0.15) is 5.82 Å². The third-order valence-corrected chi connectivity index (χ3v) is 4.90. The predicted octanol–water partition coefficient (Wildman–Crippen LogP) is 4.20. The number of carbonyl (C=O) groups is 1. The average molecular weight is 365 g/mol. The van der Waals surface area contributed by atoms with E-state index in [4.69, 9.17) is 4.52 Å². The van der Waals surface area contributed by atoms with Gasteiger partial charge < -0.3 is 9.42 Å². The first kappa shape index (κ1) is 17.4. The lowest BCUT2D eigenvalue weighted by molar-refractivity contribution is 0.0695. The molecule has 0 N–H and O–H groups in total. The second kappa shape index (κ2) is 7.31. The van der Waals surface area contributed by atoms with Gasteiger partial charge in [0.05, 0.1) is 5.92 Å². The Morgan fingerprint density at radius 3 is 2.63 bits per heavy atom. The minimum Gasteiger partial charge on any atom is -0.339 e. The number of hydrogen-bond acceptors (Lipinski definition) is 4. The Hall–Kier alpha value is -3.02. The number of benzene rings is 2. The summed E-state index contributed by atoms with van der Waals surface area (Å²) in [5, 5.41) is 4.02. The summed E-state index contributed by atoms with van der Waals surface area (Å²) in [6.07, 6.45) is 1.78. The molecule has 0 unspecified atom stereocenters. The van der Waals surface area contributed by atoms with Gasteiger partial charge in [0, 0.05) is 24.2 Å². The van der Waals surface area contributed by atoms with E-state index in [1.54, 1.807) is 12.1 Å². The van der Waals surface area contributed by atoms with E-state index >= 15 is 0 Å². The monoisotopic (exact) mass is 365 g/mol. The third kappa shape index (κ3) is 3.74. The van der Waals surface area contributed by atoms with Gasteiger partial charge in [-0.25, -0.2) is 4.39 Å². The van der Waals surface area contributed by atoms with Crippen LogP contribution in [0.15, 0.2) is 53.1 Å². The zero-order valence-electron chi connectivity index (χ0n) is 15.1. The smallest absolute Gasteiger partial charge is 0.253 e. The van der Waals surface area contributed by atoms with Gasteiger partial charge in [-0.1, -0.05) is 22.9 Å². The normalized spacial score (nSPS) is 17.1. The molecule has 0 bridgehead atoms. The van der Waals surface area contributed by atoms with Crippen LogP contribution < -0.4 is 0 Å². The fourth-order valence-electron chi connectivity index (χ4n) is 3.36. The highest BCUT2D eigenvalue weighted by atomic mass is 19.1. The van der Waals surface area contributed by atoms with Crippen molar-refractivity contribution in [3.63, 3.8) is 0 Å². The van der Waals surface area contributed by atoms with Crippen LogP contribution in [0.2, 0.25) is 0 Å². The van der Waals surface area contributed by atoms with E-state index < -0.39 is 0 Å². The quantitative estimate of drug-likeness (QED) is 0.698. The highest BCUT2D eigenvalue weighted by molar-refractivity contribution is 5.94. The zero-order chi connectivity index (χ0) is 18.8. The van der Waals surface area contributed by atoms with Crippen LogP contribution in [0.3, 0.4) is 0 Å². The zero-order valence-corrected chi connectivity index (χ0v) is 15.1. The van der Waals surface area contributed by atoms with Crippen molar-refractivity contribution in [3.8, 4) is 11.4 Å². The van der Waals surface area contributed by atoms with Crippen molar-refractivity contribution in [2.24, 2.45) is 0 Å². The lowest BCUT2D eigenvalue weighted by Crippen LogP contribution is -2.39. The summed E-state index contributed by atoms with van der Waals surface area (Å²) in [6.45, 7) is 3.28. The van der Waals surface area contributed by atoms with Crippen LogP contribution in [-0.2, 0) is 0 Å². The predicted molar refractivity (Wildman–Crippen MR) is 98.7 cm³/mol. The van der Waals surface area contributed by atoms with E-state index in [1.807, 2.05) is 36.1 Å². The molecule has 138 valence electrons. The van der Waals surface area contributed by atoms with Crippen molar-refractivity contribution in [2.45, 2.75) is 25.7 Å². The Kier molecular flexibility index (Phi) is 4.71. The molecule has 1 aliphatic heterocycles. The van der Waals surface area contributed by atoms with Gasteiger partial charge in [0.25, 0.3) is 5.91 Å². The highest BCUT2D eigenvalue weighted by Gasteiger charge is 2.29. The van der Waals surface area contributed by atoms with Crippen molar-refractivity contribution >= 4 is 5.91 Å². The van der Waals surface area contributed by atoms with Crippen LogP contribution in [-0.4, -0.2) is 34.0 Å². The first-order valence-electron chi connectivity index (χ1n) is 9.05. The molecule has 1 aromatic heterocycles. The Balaban J connectivity index is 1.49. The molecule has 1 saturated heterocycles. The molecule has 2 aromatic carbocycles. The molecule has 1 amide bonds. The average Bonchev–Trinajstić information content (AvgIpc) is 3.19. The molecule has 1 fully saturated rings. The topological polar surface area (TPSA) is 59.2 Å². The molecule has 2 heterocycles. The van der Waals surface area contributed by atoms with E-state index in [1.165, 1.54) is 12.1 Å². The number of aromatic nitrogens is 2. The minimum absolute atomic E-state index is 0.00912. The minimum atomic E-state index is -0.306. The molecule has 1 atom stereocenters. The first-order valence-corrected chi connectivity index (χ1v) is 9.05. The lowest BCUT2D eigenvalue weighted by atomic mass is 9.97. The SMILES string of the molecule is Cc1ccc(C(=O)N2CCC[C@@H](c3nc(-c4ccc(F)cc4)no3)C2)cc1. The van der Waals surface area contributed by atoms with Gasteiger partial charge in [-0.05, 0) is 56.2 Å². The Bertz CT molecular complexity index is 935. The summed E-state index contributed by atoms with van der Waals surface area (Å²) in [4.78, 5) is 19.1. The highest BCUT2D eigenvalue weighted by Crippen LogP contribution is 2.28. The molecule has 4 rings (SSSR count). The molecular weight excluding hydrogens is 345 g/mol. The number of likely N-dealkylation sites (tertiary alicyclic amines) is 1. The maximum atomic E-state index is 13.1. The van der Waals surface area contributed by atoms with E-state index in [9.17, 15) is 9.18 Å². The van der Waals surface area contributed by atoms with Gasteiger partial charge in [0.15, 0.2) is 0 Å². The van der Waals surface area contributed by atoms with Crippen LogP contribution in [0.1, 0.15) is 40.6 Å². The second-order valence-electron chi connectivity index (χ2n) is 6.92. The standard InChI is InChI=1S/C21H20FN3O2/c1-14-4-6-16(7-5-14)21(26)25-12-2-3-17(13-25)20-23-19(24-27-20)15-8-10-18(22)11-9-15/h4-11,17H,2-3,12-13H2,1H3/t17-/m1/s1. The van der Waals surface area contributed by atoms with Crippen molar-refractivity contribution in [2.75, 3.05) is 13.1 Å². The number of rotatable bonds is 3. The maximum Gasteiger partial charge on any atom is 0.253 e. The summed E-state index contributed by atoms with van der Waals surface area (Å²) < 4.78 is 18.5. The molecular formula is C21H20FN3O2. The van der Waals surface area contributed by atoms with Crippen molar-refractivity contribution in [1.82, 2.24) is 15.0 Å². The summed E-state index contributed by atoms with van der Waals surface area (Å²) >= 11 is 0. The molecule has 5 nitrogen and oxygen atoms in total. The largest absolute Gasteiger partial charge is 0.339 e. The Labute approximate surface area is 156 Å². The van der Waals surface area contributed by atoms with Crippen LogP contribution in [0.25, 0.3) is 11.4 Å². The van der Waals surface area contributed by atoms with E-state index in [0.717, 1.165) is 24.9 Å². The molecule has 6 heteroatoms. The summed E-state index contributed by atoms with van der Waals surface area (Å²) in [6, 6.07) is 13.6. The molecule has 0 radical (unpaired) electrons. The number of piperidine rings is 1. The number of halogens is 1. The summed E-state index contributed by atoms with van der Waals surface area (Å²) in [5.74, 6) is 0.690. The summed E-state index contributed by atoms with van der Waals surface area (Å²) in [7, 11) is 0. The number of carbonyl (C=O) groups excluding carboxylic acids is 1. The number of aryl methyl sites for hydroxylation is 1. The van der Waals surface area contributed by atoms with Crippen molar-refractivity contribution in [3.05, 3.63) is 71.4 Å². The van der Waals surface area contributed by atoms with E-state index in [0.29, 0.717) is 29.4 Å². The number of hydrogen-bond donors (Lipinski definition) is 0. The number of nitrogens with zero attached hydrogens (tertiary/aromatic N) is 3. The van der Waals surface area contributed by atoms with Gasteiger partial charge >= 0.3 is 0 Å². The third-order valence-electron chi connectivity index (χ3n) is 4.90. The van der Waals surface area contributed by atoms with Gasteiger partial charge in [-0.15, -0.1) is 0 Å². The van der Waals surface area contributed by atoms with E-state index in [2.05, 4.69) is 10.1 Å². The van der Waals surface area contributed by atoms with Crippen molar-refractivity contribution in [1.29, 1.82) is 0 Å². The van der Waals surface area contributed by atoms with Crippen LogP contribution in [0.4, 0.5) is 4.39 Å².